The van der Waals surface area contributed by atoms with Crippen LogP contribution in [0, 0.1) is 3.57 Å². The minimum atomic E-state index is -0.0568. The van der Waals surface area contributed by atoms with Crippen LogP contribution in [0.15, 0.2) is 42.5 Å². The van der Waals surface area contributed by atoms with Gasteiger partial charge < -0.3 is 9.64 Å². The second-order valence-electron chi connectivity index (χ2n) is 4.47. The third-order valence-corrected chi connectivity index (χ3v) is 4.19. The average molecular weight is 400 g/mol. The fourth-order valence-corrected chi connectivity index (χ4v) is 2.81. The number of benzene rings is 2. The first-order chi connectivity index (χ1) is 9.65. The number of amides is 1. The van der Waals surface area contributed by atoms with Crippen molar-refractivity contribution in [3.05, 3.63) is 56.6 Å². The van der Waals surface area contributed by atoms with Crippen LogP contribution in [0.5, 0.6) is 5.75 Å². The molecule has 3 rings (SSSR count). The summed E-state index contributed by atoms with van der Waals surface area (Å²) in [4.78, 5) is 13.8. The molecule has 0 fully saturated rings. The molecule has 102 valence electrons. The van der Waals surface area contributed by atoms with Gasteiger partial charge in [0.05, 0.1) is 12.2 Å². The van der Waals surface area contributed by atoms with Crippen LogP contribution in [0.2, 0.25) is 5.02 Å². The summed E-state index contributed by atoms with van der Waals surface area (Å²) in [6.45, 7) is 0.521. The lowest BCUT2D eigenvalue weighted by molar-refractivity contribution is -0.121. The van der Waals surface area contributed by atoms with E-state index in [0.29, 0.717) is 11.6 Å². The van der Waals surface area contributed by atoms with Gasteiger partial charge in [-0.25, -0.2) is 0 Å². The normalized spacial score (nSPS) is 13.9. The quantitative estimate of drug-likeness (QED) is 0.718. The number of fused-ring (bicyclic) bond motifs is 1. The fraction of sp³-hybridized carbons (Fsp3) is 0.133. The minimum absolute atomic E-state index is 0.0568. The molecular formula is C15H11ClINO2. The molecule has 1 aliphatic rings. The number of anilines is 1. The highest BCUT2D eigenvalue weighted by molar-refractivity contribution is 14.1. The number of carbonyl (C=O) groups excluding carboxylic acids is 1. The van der Waals surface area contributed by atoms with Gasteiger partial charge in [-0.15, -0.1) is 0 Å². The van der Waals surface area contributed by atoms with Crippen molar-refractivity contribution >= 4 is 45.8 Å². The Morgan fingerprint density at radius 2 is 2.05 bits per heavy atom. The molecule has 20 heavy (non-hydrogen) atoms. The molecule has 1 aliphatic heterocycles. The van der Waals surface area contributed by atoms with Crippen molar-refractivity contribution in [2.75, 3.05) is 11.5 Å². The summed E-state index contributed by atoms with van der Waals surface area (Å²) in [5.74, 6) is 0.683. The fourth-order valence-electron chi connectivity index (χ4n) is 2.15. The van der Waals surface area contributed by atoms with Crippen LogP contribution in [-0.4, -0.2) is 12.5 Å². The zero-order chi connectivity index (χ0) is 14.1. The van der Waals surface area contributed by atoms with E-state index >= 15 is 0 Å². The van der Waals surface area contributed by atoms with E-state index in [9.17, 15) is 4.79 Å². The Labute approximate surface area is 135 Å². The Bertz CT molecular complexity index is 675. The molecule has 5 heteroatoms. The summed E-state index contributed by atoms with van der Waals surface area (Å²) < 4.78 is 6.56. The number of rotatable bonds is 2. The molecule has 2 aromatic carbocycles. The lowest BCUT2D eigenvalue weighted by atomic mass is 10.1. The SMILES string of the molecule is O=C1COc2cc(I)ccc2N1Cc1ccccc1Cl. The van der Waals surface area contributed by atoms with Crippen molar-refractivity contribution in [3.63, 3.8) is 0 Å². The van der Waals surface area contributed by atoms with Crippen molar-refractivity contribution in [2.45, 2.75) is 6.54 Å². The van der Waals surface area contributed by atoms with Crippen LogP contribution in [0.25, 0.3) is 0 Å². The third-order valence-electron chi connectivity index (χ3n) is 3.15. The maximum atomic E-state index is 12.1. The Kier molecular flexibility index (Phi) is 3.85. The molecule has 0 atom stereocenters. The molecular weight excluding hydrogens is 389 g/mol. The van der Waals surface area contributed by atoms with E-state index in [1.165, 1.54) is 0 Å². The Morgan fingerprint density at radius 1 is 1.25 bits per heavy atom. The molecule has 2 aromatic rings. The van der Waals surface area contributed by atoms with Crippen LogP contribution < -0.4 is 9.64 Å². The maximum absolute atomic E-state index is 12.1. The maximum Gasteiger partial charge on any atom is 0.265 e. The molecule has 0 spiro atoms. The van der Waals surface area contributed by atoms with Gasteiger partial charge in [0.15, 0.2) is 6.61 Å². The zero-order valence-corrected chi connectivity index (χ0v) is 13.4. The number of carbonyl (C=O) groups is 1. The van der Waals surface area contributed by atoms with Crippen molar-refractivity contribution < 1.29 is 9.53 Å². The lowest BCUT2D eigenvalue weighted by Crippen LogP contribution is -2.38. The van der Waals surface area contributed by atoms with Gasteiger partial charge in [0.25, 0.3) is 5.91 Å². The highest BCUT2D eigenvalue weighted by atomic mass is 127. The predicted octanol–water partition coefficient (Wildman–Crippen LogP) is 3.87. The van der Waals surface area contributed by atoms with Gasteiger partial charge in [0.2, 0.25) is 0 Å². The number of nitrogens with zero attached hydrogens (tertiary/aromatic N) is 1. The highest BCUT2D eigenvalue weighted by Gasteiger charge is 2.26. The summed E-state index contributed by atoms with van der Waals surface area (Å²) in [5, 5.41) is 0.666. The topological polar surface area (TPSA) is 29.5 Å². The van der Waals surface area contributed by atoms with Gasteiger partial charge >= 0.3 is 0 Å². The van der Waals surface area contributed by atoms with Crippen molar-refractivity contribution in [1.29, 1.82) is 0 Å². The molecule has 0 saturated heterocycles. The first-order valence-electron chi connectivity index (χ1n) is 6.11. The molecule has 0 aliphatic carbocycles. The van der Waals surface area contributed by atoms with Crippen molar-refractivity contribution in [3.8, 4) is 5.75 Å². The van der Waals surface area contributed by atoms with Crippen LogP contribution in [-0.2, 0) is 11.3 Å². The van der Waals surface area contributed by atoms with E-state index in [1.54, 1.807) is 4.90 Å². The van der Waals surface area contributed by atoms with Crippen LogP contribution in [0.3, 0.4) is 0 Å². The molecule has 0 bridgehead atoms. The van der Waals surface area contributed by atoms with E-state index in [4.69, 9.17) is 16.3 Å². The minimum Gasteiger partial charge on any atom is -0.482 e. The molecule has 0 saturated carbocycles. The molecule has 3 nitrogen and oxygen atoms in total. The monoisotopic (exact) mass is 399 g/mol. The van der Waals surface area contributed by atoms with Crippen LogP contribution >= 0.6 is 34.2 Å². The summed E-state index contributed by atoms with van der Waals surface area (Å²) >= 11 is 8.40. The van der Waals surface area contributed by atoms with Crippen LogP contribution in [0.4, 0.5) is 5.69 Å². The predicted molar refractivity (Wildman–Crippen MR) is 87.3 cm³/mol. The Hall–Kier alpha value is -1.27. The van der Waals surface area contributed by atoms with Gasteiger partial charge in [-0.1, -0.05) is 29.8 Å². The molecule has 0 unspecified atom stereocenters. The molecule has 0 N–H and O–H groups in total. The number of hydrogen-bond acceptors (Lipinski definition) is 2. The summed E-state index contributed by atoms with van der Waals surface area (Å²) in [6.07, 6.45) is 0. The van der Waals surface area contributed by atoms with Gasteiger partial charge in [0, 0.05) is 8.59 Å². The second kappa shape index (κ2) is 5.61. The van der Waals surface area contributed by atoms with Gasteiger partial charge in [-0.05, 0) is 52.4 Å². The number of ether oxygens (including phenoxy) is 1. The molecule has 1 amide bonds. The van der Waals surface area contributed by atoms with E-state index in [1.807, 2.05) is 42.5 Å². The molecule has 0 radical (unpaired) electrons. The van der Waals surface area contributed by atoms with E-state index < -0.39 is 0 Å². The molecule has 1 heterocycles. The lowest BCUT2D eigenvalue weighted by Gasteiger charge is -2.29. The second-order valence-corrected chi connectivity index (χ2v) is 6.12. The first-order valence-corrected chi connectivity index (χ1v) is 7.57. The summed E-state index contributed by atoms with van der Waals surface area (Å²) in [7, 11) is 0. The zero-order valence-electron chi connectivity index (χ0n) is 10.5. The van der Waals surface area contributed by atoms with Crippen molar-refractivity contribution in [2.24, 2.45) is 0 Å². The molecule has 0 aromatic heterocycles. The Morgan fingerprint density at radius 3 is 2.85 bits per heavy atom. The summed E-state index contributed by atoms with van der Waals surface area (Å²) in [5.41, 5.74) is 1.72. The van der Waals surface area contributed by atoms with Gasteiger partial charge in [0.1, 0.15) is 5.75 Å². The number of halogens is 2. The Balaban J connectivity index is 1.97. The highest BCUT2D eigenvalue weighted by Crippen LogP contribution is 2.34. The third kappa shape index (κ3) is 2.62. The van der Waals surface area contributed by atoms with Gasteiger partial charge in [-0.2, -0.15) is 0 Å². The first kappa shape index (κ1) is 13.7. The van der Waals surface area contributed by atoms with Crippen molar-refractivity contribution in [1.82, 2.24) is 0 Å². The standard InChI is InChI=1S/C15H11ClINO2/c16-12-4-2-1-3-10(12)8-18-13-6-5-11(17)7-14(13)20-9-15(18)19/h1-7H,8-9H2. The van der Waals surface area contributed by atoms with E-state index in [2.05, 4.69) is 22.6 Å². The largest absolute Gasteiger partial charge is 0.482 e. The van der Waals surface area contributed by atoms with Crippen LogP contribution in [0.1, 0.15) is 5.56 Å². The smallest absolute Gasteiger partial charge is 0.265 e. The van der Waals surface area contributed by atoms with E-state index in [0.717, 1.165) is 20.6 Å². The van der Waals surface area contributed by atoms with E-state index in [-0.39, 0.29) is 12.5 Å². The van der Waals surface area contributed by atoms with Gasteiger partial charge in [-0.3, -0.25) is 4.79 Å². The average Bonchev–Trinajstić information content (AvgIpc) is 2.44. The summed E-state index contributed by atoms with van der Waals surface area (Å²) in [6, 6.07) is 13.4. The number of hydrogen-bond donors (Lipinski definition) is 0.